The Bertz CT molecular complexity index is 1020. The number of esters is 1. The highest BCUT2D eigenvalue weighted by atomic mass is 79.9. The SMILES string of the molecule is CC(C)(C)c1ccc(C(=O)OCc2cc(=O)n3cc(Br)ccc3n2)cc1. The van der Waals surface area contributed by atoms with Gasteiger partial charge in [0.1, 0.15) is 12.3 Å². The number of benzene rings is 1. The van der Waals surface area contributed by atoms with Crippen LogP contribution in [0.3, 0.4) is 0 Å². The van der Waals surface area contributed by atoms with Gasteiger partial charge in [-0.1, -0.05) is 32.9 Å². The molecule has 0 aliphatic rings. The molecule has 0 spiro atoms. The van der Waals surface area contributed by atoms with Gasteiger partial charge in [0.15, 0.2) is 0 Å². The molecule has 26 heavy (non-hydrogen) atoms. The first-order valence-corrected chi connectivity index (χ1v) is 8.99. The fourth-order valence-corrected chi connectivity index (χ4v) is 2.87. The molecule has 0 atom stereocenters. The molecule has 2 heterocycles. The van der Waals surface area contributed by atoms with E-state index in [-0.39, 0.29) is 17.6 Å². The van der Waals surface area contributed by atoms with E-state index in [2.05, 4.69) is 41.7 Å². The van der Waals surface area contributed by atoms with Crippen molar-refractivity contribution < 1.29 is 9.53 Å². The minimum absolute atomic E-state index is 0.0225. The van der Waals surface area contributed by atoms with Crippen LogP contribution in [0.1, 0.15) is 42.4 Å². The number of ether oxygens (including phenoxy) is 1. The number of rotatable bonds is 3. The summed E-state index contributed by atoms with van der Waals surface area (Å²) in [7, 11) is 0. The molecule has 0 N–H and O–H groups in total. The summed E-state index contributed by atoms with van der Waals surface area (Å²) in [6.07, 6.45) is 1.65. The molecule has 6 heteroatoms. The van der Waals surface area contributed by atoms with Gasteiger partial charge in [-0.05, 0) is 51.2 Å². The zero-order valence-electron chi connectivity index (χ0n) is 14.8. The summed E-state index contributed by atoms with van der Waals surface area (Å²) in [5, 5.41) is 0. The fraction of sp³-hybridized carbons (Fsp3) is 0.250. The number of hydrogen-bond donors (Lipinski definition) is 0. The van der Waals surface area contributed by atoms with E-state index < -0.39 is 5.97 Å². The van der Waals surface area contributed by atoms with Crippen molar-refractivity contribution in [1.29, 1.82) is 0 Å². The van der Waals surface area contributed by atoms with Crippen LogP contribution in [0, 0.1) is 0 Å². The molecular formula is C20H19BrN2O3. The quantitative estimate of drug-likeness (QED) is 0.604. The number of aromatic nitrogens is 2. The first-order valence-electron chi connectivity index (χ1n) is 8.19. The second kappa shape index (κ2) is 7.03. The largest absolute Gasteiger partial charge is 0.456 e. The van der Waals surface area contributed by atoms with Gasteiger partial charge in [-0.2, -0.15) is 0 Å². The second-order valence-corrected chi connectivity index (χ2v) is 7.98. The number of nitrogens with zero attached hydrogens (tertiary/aromatic N) is 2. The lowest BCUT2D eigenvalue weighted by atomic mass is 9.87. The maximum Gasteiger partial charge on any atom is 0.338 e. The molecule has 1 aromatic carbocycles. The highest BCUT2D eigenvalue weighted by molar-refractivity contribution is 9.10. The predicted octanol–water partition coefficient (Wildman–Crippen LogP) is 4.11. The lowest BCUT2D eigenvalue weighted by Crippen LogP contribution is -2.16. The number of carbonyl (C=O) groups is 1. The molecule has 0 saturated heterocycles. The van der Waals surface area contributed by atoms with E-state index in [1.54, 1.807) is 30.5 Å². The van der Waals surface area contributed by atoms with Crippen molar-refractivity contribution in [3.63, 3.8) is 0 Å². The Morgan fingerprint density at radius 3 is 2.50 bits per heavy atom. The van der Waals surface area contributed by atoms with Crippen LogP contribution in [0.25, 0.3) is 5.65 Å². The molecule has 0 aliphatic carbocycles. The molecule has 0 unspecified atom stereocenters. The number of halogens is 1. The summed E-state index contributed by atoms with van der Waals surface area (Å²) in [6, 6.07) is 12.3. The summed E-state index contributed by atoms with van der Waals surface area (Å²) in [4.78, 5) is 28.7. The normalized spacial score (nSPS) is 11.5. The van der Waals surface area contributed by atoms with E-state index in [0.29, 0.717) is 16.9 Å². The van der Waals surface area contributed by atoms with Crippen LogP contribution in [0.5, 0.6) is 0 Å². The summed E-state index contributed by atoms with van der Waals surface area (Å²) in [5.41, 5.74) is 2.33. The van der Waals surface area contributed by atoms with Crippen molar-refractivity contribution in [2.75, 3.05) is 0 Å². The first-order chi connectivity index (χ1) is 12.2. The van der Waals surface area contributed by atoms with Gasteiger partial charge in [0.2, 0.25) is 0 Å². The predicted molar refractivity (Wildman–Crippen MR) is 103 cm³/mol. The molecule has 0 bridgehead atoms. The summed E-state index contributed by atoms with van der Waals surface area (Å²) < 4.78 is 7.52. The topological polar surface area (TPSA) is 60.7 Å². The van der Waals surface area contributed by atoms with Crippen LogP contribution in [0.2, 0.25) is 0 Å². The zero-order chi connectivity index (χ0) is 18.9. The highest BCUT2D eigenvalue weighted by Gasteiger charge is 2.15. The molecule has 3 aromatic rings. The molecular weight excluding hydrogens is 396 g/mol. The van der Waals surface area contributed by atoms with Gasteiger partial charge in [0.05, 0.1) is 11.3 Å². The van der Waals surface area contributed by atoms with Crippen LogP contribution in [0.15, 0.2) is 57.9 Å². The first kappa shape index (κ1) is 18.3. The van der Waals surface area contributed by atoms with Gasteiger partial charge in [0, 0.05) is 16.7 Å². The van der Waals surface area contributed by atoms with Crippen molar-refractivity contribution >= 4 is 27.5 Å². The van der Waals surface area contributed by atoms with Crippen LogP contribution in [-0.4, -0.2) is 15.4 Å². The third kappa shape index (κ3) is 4.02. The van der Waals surface area contributed by atoms with E-state index in [1.807, 2.05) is 12.1 Å². The van der Waals surface area contributed by atoms with Gasteiger partial charge in [0.25, 0.3) is 5.56 Å². The van der Waals surface area contributed by atoms with E-state index in [0.717, 1.165) is 10.0 Å². The van der Waals surface area contributed by atoms with Crippen LogP contribution in [-0.2, 0) is 16.8 Å². The summed E-state index contributed by atoms with van der Waals surface area (Å²) in [5.74, 6) is -0.441. The van der Waals surface area contributed by atoms with Crippen molar-refractivity contribution in [2.45, 2.75) is 32.8 Å². The van der Waals surface area contributed by atoms with Crippen LogP contribution in [0.4, 0.5) is 0 Å². The van der Waals surface area contributed by atoms with Gasteiger partial charge in [-0.3, -0.25) is 9.20 Å². The fourth-order valence-electron chi connectivity index (χ4n) is 2.53. The zero-order valence-corrected chi connectivity index (χ0v) is 16.4. The Labute approximate surface area is 159 Å². The Kier molecular flexibility index (Phi) is 4.96. The van der Waals surface area contributed by atoms with Crippen molar-refractivity contribution in [3.05, 3.63) is 80.3 Å². The molecule has 0 fully saturated rings. The van der Waals surface area contributed by atoms with Gasteiger partial charge < -0.3 is 4.74 Å². The maximum atomic E-state index is 12.2. The third-order valence-electron chi connectivity index (χ3n) is 4.01. The Hall–Kier alpha value is -2.47. The third-order valence-corrected chi connectivity index (χ3v) is 4.48. The van der Waals surface area contributed by atoms with Gasteiger partial charge in [-0.25, -0.2) is 9.78 Å². The van der Waals surface area contributed by atoms with E-state index in [1.165, 1.54) is 10.5 Å². The monoisotopic (exact) mass is 414 g/mol. The average molecular weight is 415 g/mol. The smallest absolute Gasteiger partial charge is 0.338 e. The van der Waals surface area contributed by atoms with E-state index >= 15 is 0 Å². The average Bonchev–Trinajstić information content (AvgIpc) is 2.59. The molecule has 0 amide bonds. The van der Waals surface area contributed by atoms with Crippen LogP contribution >= 0.6 is 15.9 Å². The van der Waals surface area contributed by atoms with E-state index in [4.69, 9.17) is 4.74 Å². The second-order valence-electron chi connectivity index (χ2n) is 7.06. The number of pyridine rings is 1. The summed E-state index contributed by atoms with van der Waals surface area (Å²) in [6.45, 7) is 6.29. The minimum atomic E-state index is -0.441. The molecule has 134 valence electrons. The van der Waals surface area contributed by atoms with Crippen LogP contribution < -0.4 is 5.56 Å². The Morgan fingerprint density at radius 2 is 1.85 bits per heavy atom. The van der Waals surface area contributed by atoms with Crippen molar-refractivity contribution in [1.82, 2.24) is 9.38 Å². The standard InChI is InChI=1S/C20H19BrN2O3/c1-20(2,3)14-6-4-13(5-7-14)19(25)26-12-16-10-18(24)23-11-15(21)8-9-17(23)22-16/h4-11H,12H2,1-3H3. The molecule has 0 aliphatic heterocycles. The number of fused-ring (bicyclic) bond motifs is 1. The van der Waals surface area contributed by atoms with Gasteiger partial charge in [-0.15, -0.1) is 0 Å². The maximum absolute atomic E-state index is 12.2. The molecule has 2 aromatic heterocycles. The highest BCUT2D eigenvalue weighted by Crippen LogP contribution is 2.22. The van der Waals surface area contributed by atoms with E-state index in [9.17, 15) is 9.59 Å². The minimum Gasteiger partial charge on any atom is -0.456 e. The molecule has 3 rings (SSSR count). The Morgan fingerprint density at radius 1 is 1.15 bits per heavy atom. The number of hydrogen-bond acceptors (Lipinski definition) is 4. The van der Waals surface area contributed by atoms with Crippen molar-refractivity contribution in [3.8, 4) is 0 Å². The number of carbonyl (C=O) groups excluding carboxylic acids is 1. The lowest BCUT2D eigenvalue weighted by Gasteiger charge is -2.18. The van der Waals surface area contributed by atoms with Crippen molar-refractivity contribution in [2.24, 2.45) is 0 Å². The lowest BCUT2D eigenvalue weighted by molar-refractivity contribution is 0.0467. The summed E-state index contributed by atoms with van der Waals surface area (Å²) >= 11 is 3.32. The molecule has 0 saturated carbocycles. The molecule has 5 nitrogen and oxygen atoms in total. The van der Waals surface area contributed by atoms with Gasteiger partial charge >= 0.3 is 5.97 Å². The molecule has 0 radical (unpaired) electrons. The Balaban J connectivity index is 1.74.